The van der Waals surface area contributed by atoms with E-state index < -0.39 is 0 Å². The summed E-state index contributed by atoms with van der Waals surface area (Å²) < 4.78 is 5.56. The highest BCUT2D eigenvalue weighted by molar-refractivity contribution is 5.11. The summed E-state index contributed by atoms with van der Waals surface area (Å²) in [6.07, 6.45) is 2.20. The Balaban J connectivity index is 2.16. The zero-order chi connectivity index (χ0) is 8.55. The van der Waals surface area contributed by atoms with Gasteiger partial charge in [0, 0.05) is 6.04 Å². The van der Waals surface area contributed by atoms with Crippen LogP contribution in [0.5, 0.6) is 0 Å². The SMILES string of the molecule is CC(C)N1NNC2=C1OCCC2. The van der Waals surface area contributed by atoms with Crippen molar-refractivity contribution < 1.29 is 4.74 Å². The number of nitrogens with one attached hydrogen (secondary N) is 2. The Morgan fingerprint density at radius 3 is 3.08 bits per heavy atom. The quantitative estimate of drug-likeness (QED) is 0.606. The maximum Gasteiger partial charge on any atom is 0.226 e. The van der Waals surface area contributed by atoms with Gasteiger partial charge in [-0.2, -0.15) is 0 Å². The van der Waals surface area contributed by atoms with Gasteiger partial charge in [0.25, 0.3) is 0 Å². The number of hydrogen-bond acceptors (Lipinski definition) is 4. The van der Waals surface area contributed by atoms with Gasteiger partial charge in [-0.3, -0.25) is 5.01 Å². The molecule has 0 saturated carbocycles. The zero-order valence-electron chi connectivity index (χ0n) is 7.55. The Bertz CT molecular complexity index is 212. The Hall–Kier alpha value is -0.900. The number of rotatable bonds is 1. The van der Waals surface area contributed by atoms with Gasteiger partial charge in [0.05, 0.1) is 12.3 Å². The number of ether oxygens (including phenoxy) is 1. The number of hydrogen-bond donors (Lipinski definition) is 2. The fraction of sp³-hybridized carbons (Fsp3) is 0.750. The lowest BCUT2D eigenvalue weighted by molar-refractivity contribution is 0.0649. The first-order valence-electron chi connectivity index (χ1n) is 4.46. The average Bonchev–Trinajstić information content (AvgIpc) is 2.47. The summed E-state index contributed by atoms with van der Waals surface area (Å²) in [5, 5.41) is 2.02. The molecule has 4 nitrogen and oxygen atoms in total. The molecular weight excluding hydrogens is 154 g/mol. The molecule has 2 N–H and O–H groups in total. The van der Waals surface area contributed by atoms with Crippen LogP contribution in [-0.2, 0) is 4.74 Å². The van der Waals surface area contributed by atoms with E-state index >= 15 is 0 Å². The van der Waals surface area contributed by atoms with Crippen molar-refractivity contribution >= 4 is 0 Å². The van der Waals surface area contributed by atoms with Gasteiger partial charge < -0.3 is 10.2 Å². The van der Waals surface area contributed by atoms with Crippen LogP contribution in [0.15, 0.2) is 11.6 Å². The van der Waals surface area contributed by atoms with Gasteiger partial charge in [0.15, 0.2) is 0 Å². The van der Waals surface area contributed by atoms with Gasteiger partial charge in [0.2, 0.25) is 5.88 Å². The third-order valence-electron chi connectivity index (χ3n) is 2.13. The standard InChI is InChI=1S/C8H15N3O/c1-6(2)11-8-7(9-10-11)4-3-5-12-8/h6,9-10H,3-5H2,1-2H3. The van der Waals surface area contributed by atoms with E-state index in [-0.39, 0.29) is 0 Å². The molecule has 2 aliphatic heterocycles. The Morgan fingerprint density at radius 2 is 2.33 bits per heavy atom. The third-order valence-corrected chi connectivity index (χ3v) is 2.13. The van der Waals surface area contributed by atoms with E-state index in [4.69, 9.17) is 4.74 Å². The van der Waals surface area contributed by atoms with Gasteiger partial charge in [0.1, 0.15) is 0 Å². The molecule has 0 radical (unpaired) electrons. The lowest BCUT2D eigenvalue weighted by Gasteiger charge is -2.25. The summed E-state index contributed by atoms with van der Waals surface area (Å²) in [6, 6.07) is 0.420. The molecule has 0 bridgehead atoms. The monoisotopic (exact) mass is 169 g/mol. The van der Waals surface area contributed by atoms with Crippen molar-refractivity contribution in [3.63, 3.8) is 0 Å². The predicted octanol–water partition coefficient (Wildman–Crippen LogP) is 0.699. The van der Waals surface area contributed by atoms with Gasteiger partial charge in [-0.05, 0) is 26.7 Å². The van der Waals surface area contributed by atoms with Gasteiger partial charge in [-0.25, -0.2) is 0 Å². The molecule has 2 rings (SSSR count). The fourth-order valence-corrected chi connectivity index (χ4v) is 1.48. The van der Waals surface area contributed by atoms with Gasteiger partial charge >= 0.3 is 0 Å². The summed E-state index contributed by atoms with van der Waals surface area (Å²) in [4.78, 5) is 0. The summed E-state index contributed by atoms with van der Waals surface area (Å²) in [5.74, 6) is 0.983. The molecule has 2 aliphatic rings. The first-order valence-corrected chi connectivity index (χ1v) is 4.46. The summed E-state index contributed by atoms with van der Waals surface area (Å²) in [7, 11) is 0. The second-order valence-electron chi connectivity index (χ2n) is 3.44. The largest absolute Gasteiger partial charge is 0.477 e. The van der Waals surface area contributed by atoms with Crippen LogP contribution >= 0.6 is 0 Å². The molecule has 68 valence electrons. The van der Waals surface area contributed by atoms with E-state index in [9.17, 15) is 0 Å². The van der Waals surface area contributed by atoms with Crippen molar-refractivity contribution in [2.45, 2.75) is 32.7 Å². The molecule has 0 atom stereocenters. The van der Waals surface area contributed by atoms with Crippen molar-refractivity contribution in [1.82, 2.24) is 16.0 Å². The Kier molecular flexibility index (Phi) is 1.84. The molecule has 0 aliphatic carbocycles. The van der Waals surface area contributed by atoms with Crippen molar-refractivity contribution in [3.05, 3.63) is 11.6 Å². The minimum Gasteiger partial charge on any atom is -0.477 e. The van der Waals surface area contributed by atoms with Crippen LogP contribution in [0.1, 0.15) is 26.7 Å². The van der Waals surface area contributed by atoms with Crippen LogP contribution in [0.3, 0.4) is 0 Å². The highest BCUT2D eigenvalue weighted by Gasteiger charge is 2.27. The topological polar surface area (TPSA) is 36.5 Å². The zero-order valence-corrected chi connectivity index (χ0v) is 7.55. The third kappa shape index (κ3) is 1.12. The molecular formula is C8H15N3O. The van der Waals surface area contributed by atoms with Crippen LogP contribution in [0.2, 0.25) is 0 Å². The molecule has 0 amide bonds. The van der Waals surface area contributed by atoms with E-state index in [0.717, 1.165) is 25.3 Å². The van der Waals surface area contributed by atoms with E-state index in [1.807, 2.05) is 5.01 Å². The normalized spacial score (nSPS) is 22.4. The van der Waals surface area contributed by atoms with E-state index in [1.165, 1.54) is 5.70 Å². The first-order chi connectivity index (χ1) is 5.79. The first kappa shape index (κ1) is 7.73. The fourth-order valence-electron chi connectivity index (χ4n) is 1.48. The van der Waals surface area contributed by atoms with Gasteiger partial charge in [-0.15, -0.1) is 5.53 Å². The maximum atomic E-state index is 5.56. The minimum absolute atomic E-state index is 0.420. The lowest BCUT2D eigenvalue weighted by Crippen LogP contribution is -2.42. The van der Waals surface area contributed by atoms with Crippen LogP contribution in [0.25, 0.3) is 0 Å². The predicted molar refractivity (Wildman–Crippen MR) is 45.5 cm³/mol. The van der Waals surface area contributed by atoms with E-state index in [0.29, 0.717) is 6.04 Å². The molecule has 0 aromatic heterocycles. The van der Waals surface area contributed by atoms with Crippen LogP contribution in [-0.4, -0.2) is 17.7 Å². The van der Waals surface area contributed by atoms with Crippen molar-refractivity contribution in [2.24, 2.45) is 0 Å². The second-order valence-corrected chi connectivity index (χ2v) is 3.44. The summed E-state index contributed by atoms with van der Waals surface area (Å²) in [6.45, 7) is 5.09. The number of hydrazine groups is 2. The smallest absolute Gasteiger partial charge is 0.226 e. The highest BCUT2D eigenvalue weighted by atomic mass is 16.5. The lowest BCUT2D eigenvalue weighted by atomic mass is 10.2. The van der Waals surface area contributed by atoms with Crippen LogP contribution in [0.4, 0.5) is 0 Å². The average molecular weight is 169 g/mol. The number of allylic oxidation sites excluding steroid dienone is 1. The summed E-state index contributed by atoms with van der Waals surface area (Å²) in [5.41, 5.74) is 7.39. The van der Waals surface area contributed by atoms with E-state index in [1.54, 1.807) is 0 Å². The second kappa shape index (κ2) is 2.86. The van der Waals surface area contributed by atoms with Crippen molar-refractivity contribution in [1.29, 1.82) is 0 Å². The van der Waals surface area contributed by atoms with Crippen LogP contribution < -0.4 is 11.0 Å². The molecule has 0 unspecified atom stereocenters. The Morgan fingerprint density at radius 1 is 1.50 bits per heavy atom. The van der Waals surface area contributed by atoms with Crippen molar-refractivity contribution in [3.8, 4) is 0 Å². The molecule has 2 heterocycles. The Labute approximate surface area is 72.5 Å². The maximum absolute atomic E-state index is 5.56. The van der Waals surface area contributed by atoms with Crippen molar-refractivity contribution in [2.75, 3.05) is 6.61 Å². The highest BCUT2D eigenvalue weighted by Crippen LogP contribution is 2.23. The molecule has 0 saturated heterocycles. The van der Waals surface area contributed by atoms with Crippen LogP contribution in [0, 0.1) is 0 Å². The van der Waals surface area contributed by atoms with E-state index in [2.05, 4.69) is 24.8 Å². The molecule has 0 spiro atoms. The minimum atomic E-state index is 0.420. The molecule has 12 heavy (non-hydrogen) atoms. The summed E-state index contributed by atoms with van der Waals surface area (Å²) >= 11 is 0. The van der Waals surface area contributed by atoms with Gasteiger partial charge in [-0.1, -0.05) is 0 Å². The molecule has 0 fully saturated rings. The molecule has 0 aromatic carbocycles. The number of nitrogens with zero attached hydrogens (tertiary/aromatic N) is 1. The molecule has 0 aromatic rings. The molecule has 4 heteroatoms.